The SMILES string of the molecule is CCC(CC)CNc1nnc(CNCC(C)C)o1. The molecule has 5 heteroatoms. The minimum absolute atomic E-state index is 0.531. The topological polar surface area (TPSA) is 63.0 Å². The van der Waals surface area contributed by atoms with Gasteiger partial charge in [0.25, 0.3) is 0 Å². The Morgan fingerprint density at radius 2 is 1.83 bits per heavy atom. The van der Waals surface area contributed by atoms with Gasteiger partial charge in [0.05, 0.1) is 6.54 Å². The first kappa shape index (κ1) is 15.0. The van der Waals surface area contributed by atoms with Crippen molar-refractivity contribution in [1.82, 2.24) is 15.5 Å². The van der Waals surface area contributed by atoms with Crippen LogP contribution in [0.15, 0.2) is 4.42 Å². The molecule has 1 aromatic heterocycles. The van der Waals surface area contributed by atoms with Crippen molar-refractivity contribution in [2.24, 2.45) is 11.8 Å². The van der Waals surface area contributed by atoms with E-state index in [1.165, 1.54) is 12.8 Å². The van der Waals surface area contributed by atoms with Crippen LogP contribution in [0.2, 0.25) is 0 Å². The average Bonchev–Trinajstić information content (AvgIpc) is 2.78. The molecule has 2 N–H and O–H groups in total. The van der Waals surface area contributed by atoms with Crippen LogP contribution in [-0.2, 0) is 6.54 Å². The van der Waals surface area contributed by atoms with Gasteiger partial charge in [0.15, 0.2) is 0 Å². The van der Waals surface area contributed by atoms with Gasteiger partial charge < -0.3 is 15.1 Å². The third-order valence-electron chi connectivity index (χ3n) is 2.99. The second-order valence-corrected chi connectivity index (χ2v) is 5.09. The highest BCUT2D eigenvalue weighted by Crippen LogP contribution is 2.10. The van der Waals surface area contributed by atoms with E-state index < -0.39 is 0 Å². The molecule has 0 atom stereocenters. The van der Waals surface area contributed by atoms with E-state index in [-0.39, 0.29) is 0 Å². The maximum atomic E-state index is 5.51. The van der Waals surface area contributed by atoms with Crippen molar-refractivity contribution in [1.29, 1.82) is 0 Å². The standard InChI is InChI=1S/C13H26N4O/c1-5-11(6-2)8-15-13-17-16-12(18-13)9-14-7-10(3)4/h10-11,14H,5-9H2,1-4H3,(H,15,17). The van der Waals surface area contributed by atoms with Gasteiger partial charge in [-0.3, -0.25) is 0 Å². The average molecular weight is 254 g/mol. The van der Waals surface area contributed by atoms with Crippen LogP contribution in [0.5, 0.6) is 0 Å². The lowest BCUT2D eigenvalue weighted by molar-refractivity contribution is 0.452. The van der Waals surface area contributed by atoms with Crippen LogP contribution < -0.4 is 10.6 Å². The molecule has 0 saturated heterocycles. The van der Waals surface area contributed by atoms with Crippen LogP contribution in [0.3, 0.4) is 0 Å². The van der Waals surface area contributed by atoms with Crippen molar-refractivity contribution in [2.45, 2.75) is 47.1 Å². The predicted octanol–water partition coefficient (Wildman–Crippen LogP) is 2.66. The van der Waals surface area contributed by atoms with Gasteiger partial charge in [-0.15, -0.1) is 5.10 Å². The van der Waals surface area contributed by atoms with Gasteiger partial charge in [-0.1, -0.05) is 45.6 Å². The zero-order valence-electron chi connectivity index (χ0n) is 12.0. The Labute approximate surface area is 110 Å². The number of anilines is 1. The summed E-state index contributed by atoms with van der Waals surface area (Å²) in [5.41, 5.74) is 0. The first-order valence-electron chi connectivity index (χ1n) is 6.92. The van der Waals surface area contributed by atoms with E-state index in [0.29, 0.717) is 30.3 Å². The summed E-state index contributed by atoms with van der Waals surface area (Å²) < 4.78 is 5.51. The molecule has 1 heterocycles. The molecule has 0 aliphatic rings. The van der Waals surface area contributed by atoms with E-state index in [0.717, 1.165) is 13.1 Å². The Morgan fingerprint density at radius 1 is 1.11 bits per heavy atom. The number of hydrogen-bond acceptors (Lipinski definition) is 5. The molecule has 1 aromatic rings. The van der Waals surface area contributed by atoms with Gasteiger partial charge in [-0.05, 0) is 18.4 Å². The maximum absolute atomic E-state index is 5.51. The van der Waals surface area contributed by atoms with Gasteiger partial charge >= 0.3 is 6.01 Å². The van der Waals surface area contributed by atoms with Crippen LogP contribution in [0.25, 0.3) is 0 Å². The second-order valence-electron chi connectivity index (χ2n) is 5.09. The summed E-state index contributed by atoms with van der Waals surface area (Å²) in [6.45, 7) is 11.2. The molecule has 18 heavy (non-hydrogen) atoms. The molecule has 0 saturated carbocycles. The van der Waals surface area contributed by atoms with E-state index in [4.69, 9.17) is 4.42 Å². The Kier molecular flexibility index (Phi) is 6.72. The fraction of sp³-hybridized carbons (Fsp3) is 0.846. The summed E-state index contributed by atoms with van der Waals surface area (Å²) >= 11 is 0. The molecular formula is C13H26N4O. The van der Waals surface area contributed by atoms with E-state index >= 15 is 0 Å². The highest BCUT2D eigenvalue weighted by atomic mass is 16.4. The lowest BCUT2D eigenvalue weighted by atomic mass is 10.0. The summed E-state index contributed by atoms with van der Waals surface area (Å²) in [6, 6.07) is 0.531. The summed E-state index contributed by atoms with van der Waals surface area (Å²) in [5.74, 6) is 1.93. The van der Waals surface area contributed by atoms with Crippen molar-refractivity contribution < 1.29 is 4.42 Å². The predicted molar refractivity (Wildman–Crippen MR) is 73.4 cm³/mol. The molecule has 0 fully saturated rings. The van der Waals surface area contributed by atoms with E-state index in [1.807, 2.05) is 0 Å². The highest BCUT2D eigenvalue weighted by molar-refractivity contribution is 5.16. The number of hydrogen-bond donors (Lipinski definition) is 2. The van der Waals surface area contributed by atoms with Crippen molar-refractivity contribution in [3.8, 4) is 0 Å². The fourth-order valence-corrected chi connectivity index (χ4v) is 1.67. The molecule has 1 rings (SSSR count). The van der Waals surface area contributed by atoms with Crippen LogP contribution in [-0.4, -0.2) is 23.3 Å². The quantitative estimate of drug-likeness (QED) is 0.709. The molecule has 5 nitrogen and oxygen atoms in total. The van der Waals surface area contributed by atoms with Crippen molar-refractivity contribution in [3.63, 3.8) is 0 Å². The van der Waals surface area contributed by atoms with Gasteiger partial charge in [0, 0.05) is 6.54 Å². The number of nitrogens with one attached hydrogen (secondary N) is 2. The van der Waals surface area contributed by atoms with E-state index in [2.05, 4.69) is 48.5 Å². The summed E-state index contributed by atoms with van der Waals surface area (Å²) in [6.07, 6.45) is 2.33. The van der Waals surface area contributed by atoms with Crippen LogP contribution in [0.1, 0.15) is 46.4 Å². The molecule has 0 unspecified atom stereocenters. The fourth-order valence-electron chi connectivity index (χ4n) is 1.67. The Hall–Kier alpha value is -1.10. The lowest BCUT2D eigenvalue weighted by Gasteiger charge is -2.11. The molecular weight excluding hydrogens is 228 g/mol. The minimum Gasteiger partial charge on any atom is -0.407 e. The van der Waals surface area contributed by atoms with Gasteiger partial charge in [0.1, 0.15) is 0 Å². The molecule has 0 radical (unpaired) electrons. The molecule has 0 aromatic carbocycles. The number of nitrogens with zero attached hydrogens (tertiary/aromatic N) is 2. The van der Waals surface area contributed by atoms with Crippen molar-refractivity contribution in [3.05, 3.63) is 5.89 Å². The smallest absolute Gasteiger partial charge is 0.315 e. The first-order chi connectivity index (χ1) is 8.65. The Bertz CT molecular complexity index is 321. The van der Waals surface area contributed by atoms with Gasteiger partial charge in [0.2, 0.25) is 5.89 Å². The summed E-state index contributed by atoms with van der Waals surface area (Å²) in [7, 11) is 0. The summed E-state index contributed by atoms with van der Waals surface area (Å²) in [5, 5.41) is 14.5. The zero-order valence-corrected chi connectivity index (χ0v) is 12.0. The van der Waals surface area contributed by atoms with Crippen LogP contribution in [0, 0.1) is 11.8 Å². The van der Waals surface area contributed by atoms with Gasteiger partial charge in [-0.25, -0.2) is 0 Å². The Balaban J connectivity index is 2.29. The number of aromatic nitrogens is 2. The van der Waals surface area contributed by atoms with Gasteiger partial charge in [-0.2, -0.15) is 0 Å². The third-order valence-corrected chi connectivity index (χ3v) is 2.99. The largest absolute Gasteiger partial charge is 0.407 e. The summed E-state index contributed by atoms with van der Waals surface area (Å²) in [4.78, 5) is 0. The number of rotatable bonds is 9. The molecule has 0 aliphatic carbocycles. The van der Waals surface area contributed by atoms with E-state index in [1.54, 1.807) is 0 Å². The second kappa shape index (κ2) is 8.08. The van der Waals surface area contributed by atoms with Crippen molar-refractivity contribution in [2.75, 3.05) is 18.4 Å². The maximum Gasteiger partial charge on any atom is 0.315 e. The normalized spacial score (nSPS) is 11.4. The molecule has 0 spiro atoms. The third kappa shape index (κ3) is 5.49. The van der Waals surface area contributed by atoms with Crippen LogP contribution in [0.4, 0.5) is 6.01 Å². The zero-order chi connectivity index (χ0) is 13.4. The molecule has 0 amide bonds. The minimum atomic E-state index is 0.531. The van der Waals surface area contributed by atoms with Crippen LogP contribution >= 0.6 is 0 Å². The first-order valence-corrected chi connectivity index (χ1v) is 6.92. The van der Waals surface area contributed by atoms with Crippen molar-refractivity contribution >= 4 is 6.01 Å². The molecule has 0 aliphatic heterocycles. The molecule has 0 bridgehead atoms. The Morgan fingerprint density at radius 3 is 2.44 bits per heavy atom. The molecule has 104 valence electrons. The monoisotopic (exact) mass is 254 g/mol. The lowest BCUT2D eigenvalue weighted by Crippen LogP contribution is -2.19. The highest BCUT2D eigenvalue weighted by Gasteiger charge is 2.08. The van der Waals surface area contributed by atoms with E-state index in [9.17, 15) is 0 Å².